The number of aliphatic imine (C=N–C) groups is 1. The smallest absolute Gasteiger partial charge is 0.191 e. The average Bonchev–Trinajstić information content (AvgIpc) is 3.14. The molecule has 26 heavy (non-hydrogen) atoms. The zero-order valence-electron chi connectivity index (χ0n) is 16.8. The average molecular weight is 362 g/mol. The molecule has 1 aliphatic rings. The predicted molar refractivity (Wildman–Crippen MR) is 108 cm³/mol. The molecule has 2 rings (SSSR count). The molecule has 0 aromatic heterocycles. The van der Waals surface area contributed by atoms with Gasteiger partial charge in [0.15, 0.2) is 5.96 Å². The molecule has 1 saturated heterocycles. The van der Waals surface area contributed by atoms with Gasteiger partial charge in [-0.2, -0.15) is 0 Å². The van der Waals surface area contributed by atoms with Crippen LogP contribution in [0.25, 0.3) is 0 Å². The van der Waals surface area contributed by atoms with Gasteiger partial charge in [0, 0.05) is 38.8 Å². The summed E-state index contributed by atoms with van der Waals surface area (Å²) in [5.74, 6) is 0.837. The number of nitrogens with zero attached hydrogens (tertiary/aromatic N) is 1. The maximum atomic E-state index is 5.69. The van der Waals surface area contributed by atoms with E-state index in [0.717, 1.165) is 58.1 Å². The number of aryl methyl sites for hydroxylation is 1. The van der Waals surface area contributed by atoms with Crippen LogP contribution in [0, 0.1) is 6.92 Å². The van der Waals surface area contributed by atoms with Crippen LogP contribution in [0.2, 0.25) is 0 Å². The molecule has 1 unspecified atom stereocenters. The maximum absolute atomic E-state index is 5.69. The molecule has 1 aromatic carbocycles. The Labute approximate surface area is 158 Å². The number of hydrogen-bond donors (Lipinski definition) is 2. The molecule has 1 aromatic rings. The summed E-state index contributed by atoms with van der Waals surface area (Å²) in [6.45, 7) is 10.6. The highest BCUT2D eigenvalue weighted by Crippen LogP contribution is 2.22. The lowest BCUT2D eigenvalue weighted by Gasteiger charge is -2.27. The first-order valence-corrected chi connectivity index (χ1v) is 9.72. The Kier molecular flexibility index (Phi) is 8.39. The second-order valence-electron chi connectivity index (χ2n) is 7.67. The Morgan fingerprint density at radius 1 is 1.27 bits per heavy atom. The van der Waals surface area contributed by atoms with Crippen LogP contribution >= 0.6 is 0 Å². The molecule has 1 atom stereocenters. The van der Waals surface area contributed by atoms with Gasteiger partial charge >= 0.3 is 0 Å². The third-order valence-electron chi connectivity index (χ3n) is 4.84. The fourth-order valence-corrected chi connectivity index (χ4v) is 3.00. The molecule has 1 aliphatic heterocycles. The van der Waals surface area contributed by atoms with E-state index >= 15 is 0 Å². The molecule has 1 fully saturated rings. The third-order valence-corrected chi connectivity index (χ3v) is 4.84. The minimum atomic E-state index is 0.0374. The zero-order valence-corrected chi connectivity index (χ0v) is 16.8. The monoisotopic (exact) mass is 361 g/mol. The molecule has 0 amide bonds. The normalized spacial score (nSPS) is 18.2. The summed E-state index contributed by atoms with van der Waals surface area (Å²) in [6.07, 6.45) is 3.55. The van der Waals surface area contributed by atoms with E-state index in [1.54, 1.807) is 0 Å². The molecule has 0 bridgehead atoms. The van der Waals surface area contributed by atoms with Gasteiger partial charge in [-0.25, -0.2) is 0 Å². The van der Waals surface area contributed by atoms with Gasteiger partial charge < -0.3 is 20.1 Å². The van der Waals surface area contributed by atoms with Crippen molar-refractivity contribution in [2.75, 3.05) is 40.0 Å². The summed E-state index contributed by atoms with van der Waals surface area (Å²) < 4.78 is 11.2. The molecule has 0 aliphatic carbocycles. The zero-order chi connectivity index (χ0) is 18.8. The van der Waals surface area contributed by atoms with Gasteiger partial charge in [-0.1, -0.05) is 43.7 Å². The molecule has 0 saturated carbocycles. The Balaban J connectivity index is 1.63. The number of hydrogen-bond acceptors (Lipinski definition) is 3. The van der Waals surface area contributed by atoms with Gasteiger partial charge in [-0.3, -0.25) is 4.99 Å². The summed E-state index contributed by atoms with van der Waals surface area (Å²) in [7, 11) is 1.81. The van der Waals surface area contributed by atoms with Crippen LogP contribution in [0.3, 0.4) is 0 Å². The van der Waals surface area contributed by atoms with Gasteiger partial charge in [0.1, 0.15) is 0 Å². The van der Waals surface area contributed by atoms with Crippen LogP contribution in [0.15, 0.2) is 29.3 Å². The molecule has 2 N–H and O–H groups in total. The topological polar surface area (TPSA) is 54.9 Å². The molecule has 5 heteroatoms. The van der Waals surface area contributed by atoms with Crippen LogP contribution in [0.5, 0.6) is 0 Å². The Morgan fingerprint density at radius 3 is 2.69 bits per heavy atom. The van der Waals surface area contributed by atoms with Gasteiger partial charge in [0.2, 0.25) is 0 Å². The van der Waals surface area contributed by atoms with Crippen LogP contribution in [-0.4, -0.2) is 52.0 Å². The molecule has 146 valence electrons. The lowest BCUT2D eigenvalue weighted by molar-refractivity contribution is 0.0168. The molecule has 5 nitrogen and oxygen atoms in total. The first-order chi connectivity index (χ1) is 12.5. The first kappa shape index (κ1) is 20.7. The van der Waals surface area contributed by atoms with Gasteiger partial charge in [0.25, 0.3) is 0 Å². The second-order valence-corrected chi connectivity index (χ2v) is 7.67. The van der Waals surface area contributed by atoms with Crippen molar-refractivity contribution in [3.05, 3.63) is 35.4 Å². The van der Waals surface area contributed by atoms with E-state index in [-0.39, 0.29) is 5.41 Å². The summed E-state index contributed by atoms with van der Waals surface area (Å²) in [6, 6.07) is 8.75. The van der Waals surface area contributed by atoms with E-state index in [1.165, 1.54) is 11.1 Å². The number of ether oxygens (including phenoxy) is 2. The number of nitrogens with one attached hydrogen (secondary N) is 2. The van der Waals surface area contributed by atoms with Crippen LogP contribution in [0.1, 0.15) is 44.2 Å². The molecular weight excluding hydrogens is 326 g/mol. The van der Waals surface area contributed by atoms with Crippen molar-refractivity contribution in [1.29, 1.82) is 0 Å². The standard InChI is InChI=1S/C21H35N3O2/c1-17-8-10-18(11-9-17)21(2,3)16-24-20(22-4)23-12-6-13-25-15-19-7-5-14-26-19/h8-11,19H,5-7,12-16H2,1-4H3,(H2,22,23,24). The van der Waals surface area contributed by atoms with Gasteiger partial charge in [0.05, 0.1) is 12.7 Å². The largest absolute Gasteiger partial charge is 0.379 e. The van der Waals surface area contributed by atoms with Crippen molar-refractivity contribution in [1.82, 2.24) is 10.6 Å². The Bertz CT molecular complexity index is 549. The highest BCUT2D eigenvalue weighted by atomic mass is 16.5. The second kappa shape index (κ2) is 10.5. The van der Waals surface area contributed by atoms with Crippen LogP contribution in [-0.2, 0) is 14.9 Å². The van der Waals surface area contributed by atoms with Crippen molar-refractivity contribution in [2.24, 2.45) is 4.99 Å². The lowest BCUT2D eigenvalue weighted by atomic mass is 9.84. The van der Waals surface area contributed by atoms with Crippen molar-refractivity contribution in [3.63, 3.8) is 0 Å². The van der Waals surface area contributed by atoms with E-state index in [2.05, 4.69) is 60.7 Å². The minimum absolute atomic E-state index is 0.0374. The molecule has 1 heterocycles. The quantitative estimate of drug-likeness (QED) is 0.403. The molecule has 0 spiro atoms. The molecule has 0 radical (unpaired) electrons. The summed E-state index contributed by atoms with van der Waals surface area (Å²) in [4.78, 5) is 4.31. The van der Waals surface area contributed by atoms with E-state index in [9.17, 15) is 0 Å². The lowest BCUT2D eigenvalue weighted by Crippen LogP contribution is -2.43. The van der Waals surface area contributed by atoms with Crippen LogP contribution < -0.4 is 10.6 Å². The summed E-state index contributed by atoms with van der Waals surface area (Å²) >= 11 is 0. The van der Waals surface area contributed by atoms with Gasteiger partial charge in [-0.15, -0.1) is 0 Å². The fourth-order valence-electron chi connectivity index (χ4n) is 3.00. The summed E-state index contributed by atoms with van der Waals surface area (Å²) in [5.41, 5.74) is 2.65. The van der Waals surface area contributed by atoms with E-state index in [1.807, 2.05) is 7.05 Å². The SMILES string of the molecule is CN=C(NCCCOCC1CCCO1)NCC(C)(C)c1ccc(C)cc1. The van der Waals surface area contributed by atoms with Gasteiger partial charge in [-0.05, 0) is 31.7 Å². The Hall–Kier alpha value is -1.59. The summed E-state index contributed by atoms with van der Waals surface area (Å²) in [5, 5.41) is 6.80. The predicted octanol–water partition coefficient (Wildman–Crippen LogP) is 3.02. The highest BCUT2D eigenvalue weighted by molar-refractivity contribution is 5.79. The fraction of sp³-hybridized carbons (Fsp3) is 0.667. The van der Waals surface area contributed by atoms with Crippen LogP contribution in [0.4, 0.5) is 0 Å². The number of benzene rings is 1. The minimum Gasteiger partial charge on any atom is -0.379 e. The maximum Gasteiger partial charge on any atom is 0.191 e. The van der Waals surface area contributed by atoms with Crippen molar-refractivity contribution in [2.45, 2.75) is 51.6 Å². The van der Waals surface area contributed by atoms with Crippen molar-refractivity contribution in [3.8, 4) is 0 Å². The van der Waals surface area contributed by atoms with Crippen molar-refractivity contribution >= 4 is 5.96 Å². The van der Waals surface area contributed by atoms with E-state index < -0.39 is 0 Å². The highest BCUT2D eigenvalue weighted by Gasteiger charge is 2.20. The molecular formula is C21H35N3O2. The first-order valence-electron chi connectivity index (χ1n) is 9.72. The van der Waals surface area contributed by atoms with Crippen molar-refractivity contribution < 1.29 is 9.47 Å². The van der Waals surface area contributed by atoms with E-state index in [0.29, 0.717) is 6.10 Å². The number of rotatable bonds is 9. The van der Waals surface area contributed by atoms with E-state index in [4.69, 9.17) is 9.47 Å². The Morgan fingerprint density at radius 2 is 2.04 bits per heavy atom. The third kappa shape index (κ3) is 6.96. The number of guanidine groups is 1.